The van der Waals surface area contributed by atoms with E-state index in [0.29, 0.717) is 11.5 Å². The Morgan fingerprint density at radius 3 is 1.26 bits per heavy atom. The zero-order valence-electron chi connectivity index (χ0n) is 22.8. The van der Waals surface area contributed by atoms with E-state index in [1.807, 2.05) is 79.7 Å². The van der Waals surface area contributed by atoms with Crippen molar-refractivity contribution in [2.24, 2.45) is 0 Å². The first-order valence-electron chi connectivity index (χ1n) is 11.9. The average molecular weight is 485 g/mol. The smallest absolute Gasteiger partial charge is 0.344 e. The van der Waals surface area contributed by atoms with Crippen molar-refractivity contribution in [3.8, 4) is 11.5 Å². The molecule has 2 aromatic rings. The van der Waals surface area contributed by atoms with Gasteiger partial charge in [0.25, 0.3) is 0 Å². The van der Waals surface area contributed by atoms with Crippen molar-refractivity contribution >= 4 is 11.9 Å². The van der Waals surface area contributed by atoms with Gasteiger partial charge in [0, 0.05) is 5.41 Å². The average Bonchev–Trinajstić information content (AvgIpc) is 2.69. The largest absolute Gasteiger partial charge is 0.482 e. The Morgan fingerprint density at radius 2 is 0.971 bits per heavy atom. The molecule has 0 saturated carbocycles. The van der Waals surface area contributed by atoms with Gasteiger partial charge in [-0.2, -0.15) is 0 Å². The van der Waals surface area contributed by atoms with Gasteiger partial charge in [-0.1, -0.05) is 38.1 Å². The highest BCUT2D eigenvalue weighted by Crippen LogP contribution is 2.36. The molecule has 35 heavy (non-hydrogen) atoms. The highest BCUT2D eigenvalue weighted by atomic mass is 16.6. The molecule has 2 aromatic carbocycles. The third-order valence-corrected chi connectivity index (χ3v) is 5.32. The van der Waals surface area contributed by atoms with Crippen LogP contribution in [0.25, 0.3) is 0 Å². The quantitative estimate of drug-likeness (QED) is 0.424. The van der Waals surface area contributed by atoms with Gasteiger partial charge in [-0.3, -0.25) is 0 Å². The Morgan fingerprint density at radius 1 is 0.629 bits per heavy atom. The molecule has 0 aliphatic rings. The van der Waals surface area contributed by atoms with Crippen LogP contribution in [0.1, 0.15) is 77.6 Å². The second-order valence-electron chi connectivity index (χ2n) is 11.3. The van der Waals surface area contributed by atoms with Crippen LogP contribution in [0, 0.1) is 13.8 Å². The molecule has 0 fully saturated rings. The van der Waals surface area contributed by atoms with E-state index in [4.69, 9.17) is 18.9 Å². The zero-order chi connectivity index (χ0) is 26.6. The minimum atomic E-state index is -0.544. The molecule has 192 valence electrons. The third-order valence-electron chi connectivity index (χ3n) is 5.32. The molecule has 0 unspecified atom stereocenters. The van der Waals surface area contributed by atoms with Gasteiger partial charge < -0.3 is 18.9 Å². The summed E-state index contributed by atoms with van der Waals surface area (Å²) in [5.74, 6) is 0.506. The minimum Gasteiger partial charge on any atom is -0.482 e. The van der Waals surface area contributed by atoms with E-state index in [-0.39, 0.29) is 18.6 Å². The number of hydrogen-bond acceptors (Lipinski definition) is 6. The van der Waals surface area contributed by atoms with E-state index >= 15 is 0 Å². The van der Waals surface area contributed by atoms with Gasteiger partial charge in [-0.15, -0.1) is 0 Å². The van der Waals surface area contributed by atoms with E-state index in [9.17, 15) is 9.59 Å². The van der Waals surface area contributed by atoms with Gasteiger partial charge in [0.1, 0.15) is 22.7 Å². The molecule has 0 heterocycles. The molecular weight excluding hydrogens is 444 g/mol. The lowest BCUT2D eigenvalue weighted by molar-refractivity contribution is -0.158. The summed E-state index contributed by atoms with van der Waals surface area (Å²) >= 11 is 0. The number of aryl methyl sites for hydroxylation is 2. The summed E-state index contributed by atoms with van der Waals surface area (Å²) in [5.41, 5.74) is 2.72. The van der Waals surface area contributed by atoms with Crippen LogP contribution in [0.4, 0.5) is 0 Å². The van der Waals surface area contributed by atoms with E-state index < -0.39 is 23.1 Å². The molecule has 0 N–H and O–H groups in total. The summed E-state index contributed by atoms with van der Waals surface area (Å²) in [6, 6.07) is 12.0. The maximum absolute atomic E-state index is 12.0. The lowest BCUT2D eigenvalue weighted by atomic mass is 9.77. The van der Waals surface area contributed by atoms with E-state index in [1.165, 1.54) is 0 Å². The fourth-order valence-corrected chi connectivity index (χ4v) is 3.58. The topological polar surface area (TPSA) is 71.1 Å². The van der Waals surface area contributed by atoms with Crippen LogP contribution >= 0.6 is 0 Å². The number of hydrogen-bond donors (Lipinski definition) is 0. The summed E-state index contributed by atoms with van der Waals surface area (Å²) in [6.07, 6.45) is 0. The molecule has 0 atom stereocenters. The van der Waals surface area contributed by atoms with Crippen molar-refractivity contribution in [2.75, 3.05) is 13.2 Å². The monoisotopic (exact) mass is 484 g/mol. The molecule has 0 bridgehead atoms. The SMILES string of the molecule is Cc1cc(C(C)(C)c2ccc(OCC(=O)OC(C)(C)C)c(C)c2)ccc1OCC(=O)OC(C)(C)C. The first kappa shape index (κ1) is 28.2. The highest BCUT2D eigenvalue weighted by molar-refractivity contribution is 5.72. The summed E-state index contributed by atoms with van der Waals surface area (Å²) in [4.78, 5) is 24.0. The zero-order valence-corrected chi connectivity index (χ0v) is 22.8. The molecule has 0 aliphatic carbocycles. The van der Waals surface area contributed by atoms with Crippen LogP contribution in [-0.2, 0) is 24.5 Å². The molecular formula is C29H40O6. The van der Waals surface area contributed by atoms with Crippen LogP contribution in [-0.4, -0.2) is 36.4 Å². The molecule has 2 rings (SSSR count). The van der Waals surface area contributed by atoms with E-state index in [0.717, 1.165) is 22.3 Å². The number of benzene rings is 2. The predicted molar refractivity (Wildman–Crippen MR) is 137 cm³/mol. The summed E-state index contributed by atoms with van der Waals surface area (Å²) < 4.78 is 22.0. The first-order valence-corrected chi connectivity index (χ1v) is 11.9. The van der Waals surface area contributed by atoms with Crippen molar-refractivity contribution in [1.29, 1.82) is 0 Å². The Kier molecular flexibility index (Phi) is 8.64. The second kappa shape index (κ2) is 10.7. The molecule has 6 nitrogen and oxygen atoms in total. The van der Waals surface area contributed by atoms with Crippen molar-refractivity contribution in [3.63, 3.8) is 0 Å². The van der Waals surface area contributed by atoms with Crippen molar-refractivity contribution in [2.45, 2.75) is 85.9 Å². The normalized spacial score (nSPS) is 12.2. The Labute approximate surface area is 209 Å². The molecule has 0 spiro atoms. The number of carbonyl (C=O) groups is 2. The second-order valence-corrected chi connectivity index (χ2v) is 11.3. The van der Waals surface area contributed by atoms with Crippen LogP contribution in [0.15, 0.2) is 36.4 Å². The fraction of sp³-hybridized carbons (Fsp3) is 0.517. The third kappa shape index (κ3) is 8.61. The van der Waals surface area contributed by atoms with Gasteiger partial charge in [-0.05, 0) is 89.8 Å². The number of rotatable bonds is 8. The fourth-order valence-electron chi connectivity index (χ4n) is 3.58. The number of carbonyl (C=O) groups excluding carboxylic acids is 2. The Bertz CT molecular complexity index is 970. The highest BCUT2D eigenvalue weighted by Gasteiger charge is 2.25. The number of esters is 2. The van der Waals surface area contributed by atoms with E-state index in [2.05, 4.69) is 26.0 Å². The van der Waals surface area contributed by atoms with Gasteiger partial charge in [-0.25, -0.2) is 9.59 Å². The minimum absolute atomic E-state index is 0.134. The van der Waals surface area contributed by atoms with Gasteiger partial charge in [0.05, 0.1) is 0 Å². The van der Waals surface area contributed by atoms with Crippen LogP contribution < -0.4 is 9.47 Å². The molecule has 6 heteroatoms. The first-order chi connectivity index (χ1) is 16.0. The number of ether oxygens (including phenoxy) is 4. The van der Waals surface area contributed by atoms with Crippen molar-refractivity contribution < 1.29 is 28.5 Å². The van der Waals surface area contributed by atoms with Crippen molar-refractivity contribution in [3.05, 3.63) is 58.7 Å². The molecule has 0 radical (unpaired) electrons. The molecule has 0 saturated heterocycles. The lowest BCUT2D eigenvalue weighted by Crippen LogP contribution is -2.27. The molecule has 0 aromatic heterocycles. The predicted octanol–water partition coefficient (Wildman–Crippen LogP) is 6.07. The van der Waals surface area contributed by atoms with Gasteiger partial charge in [0.2, 0.25) is 0 Å². The standard InChI is InChI=1S/C29H40O6/c1-19-15-21(11-13-23(19)32-17-25(30)34-27(3,4)5)29(9,10)22-12-14-24(20(2)16-22)33-18-26(31)35-28(6,7)8/h11-16H,17-18H2,1-10H3. The van der Waals surface area contributed by atoms with E-state index in [1.54, 1.807) is 0 Å². The van der Waals surface area contributed by atoms with Crippen LogP contribution in [0.2, 0.25) is 0 Å². The Hall–Kier alpha value is -3.02. The molecule has 0 amide bonds. The maximum atomic E-state index is 12.0. The Balaban J connectivity index is 2.11. The lowest BCUT2D eigenvalue weighted by Gasteiger charge is -2.28. The van der Waals surface area contributed by atoms with Crippen LogP contribution in [0.5, 0.6) is 11.5 Å². The summed E-state index contributed by atoms with van der Waals surface area (Å²) in [5, 5.41) is 0. The summed E-state index contributed by atoms with van der Waals surface area (Å²) in [7, 11) is 0. The van der Waals surface area contributed by atoms with Gasteiger partial charge in [0.15, 0.2) is 13.2 Å². The van der Waals surface area contributed by atoms with Gasteiger partial charge >= 0.3 is 11.9 Å². The summed E-state index contributed by atoms with van der Waals surface area (Å²) in [6.45, 7) is 18.9. The van der Waals surface area contributed by atoms with Crippen molar-refractivity contribution in [1.82, 2.24) is 0 Å². The van der Waals surface area contributed by atoms with Crippen LogP contribution in [0.3, 0.4) is 0 Å². The maximum Gasteiger partial charge on any atom is 0.344 e. The molecule has 0 aliphatic heterocycles.